The minimum absolute atomic E-state index is 0.119. The fourth-order valence-electron chi connectivity index (χ4n) is 0.916. The average Bonchev–Trinajstić information content (AvgIpc) is 2.16. The summed E-state index contributed by atoms with van der Waals surface area (Å²) in [5.41, 5.74) is 0. The molecule has 1 rings (SSSR count). The number of likely N-dealkylation sites (N-methyl/N-ethyl adjacent to an activating group) is 1. The molecule has 0 bridgehead atoms. The molecule has 2 N–H and O–H groups in total. The van der Waals surface area contributed by atoms with Gasteiger partial charge < -0.3 is 10.6 Å². The zero-order valence-corrected chi connectivity index (χ0v) is 8.67. The molecule has 0 fully saturated rings. The van der Waals surface area contributed by atoms with E-state index in [1.807, 2.05) is 0 Å². The number of anilines is 1. The van der Waals surface area contributed by atoms with Crippen molar-refractivity contribution >= 4 is 23.3 Å². The Hall–Kier alpha value is -1.36. The maximum Gasteiger partial charge on any atom is 0.241 e. The lowest BCUT2D eigenvalue weighted by Crippen LogP contribution is -2.35. The topological polar surface area (TPSA) is 66.9 Å². The molecular formula is C8H11ClN4O. The van der Waals surface area contributed by atoms with E-state index >= 15 is 0 Å². The van der Waals surface area contributed by atoms with Crippen LogP contribution >= 0.6 is 11.6 Å². The molecule has 0 saturated carbocycles. The van der Waals surface area contributed by atoms with Crippen LogP contribution in [0.4, 0.5) is 5.82 Å². The van der Waals surface area contributed by atoms with Crippen LogP contribution in [-0.2, 0) is 4.79 Å². The van der Waals surface area contributed by atoms with E-state index in [-0.39, 0.29) is 11.9 Å². The van der Waals surface area contributed by atoms with E-state index in [1.165, 1.54) is 12.4 Å². The summed E-state index contributed by atoms with van der Waals surface area (Å²) >= 11 is 5.63. The van der Waals surface area contributed by atoms with Gasteiger partial charge in [-0.05, 0) is 6.92 Å². The molecule has 0 aromatic carbocycles. The standard InChI is InChI=1S/C8H11ClN4O/c1-5(8(14)10-2)12-7-4-11-3-6(9)13-7/h3-5H,1-2H3,(H,10,14)(H,12,13). The molecule has 1 aromatic heterocycles. The van der Waals surface area contributed by atoms with E-state index < -0.39 is 0 Å². The van der Waals surface area contributed by atoms with Crippen LogP contribution < -0.4 is 10.6 Å². The predicted octanol–water partition coefficient (Wildman–Crippen LogP) is 0.676. The van der Waals surface area contributed by atoms with Crippen molar-refractivity contribution in [2.24, 2.45) is 0 Å². The summed E-state index contributed by atoms with van der Waals surface area (Å²) in [6.45, 7) is 1.72. The van der Waals surface area contributed by atoms with Crippen LogP contribution in [0.3, 0.4) is 0 Å². The second-order valence-corrected chi connectivity index (χ2v) is 3.09. The molecule has 1 amide bonds. The summed E-state index contributed by atoms with van der Waals surface area (Å²) in [7, 11) is 1.57. The molecule has 0 aliphatic heterocycles. The molecule has 0 radical (unpaired) electrons. The SMILES string of the molecule is CNC(=O)C(C)Nc1cncc(Cl)n1. The number of nitrogens with zero attached hydrogens (tertiary/aromatic N) is 2. The molecule has 0 saturated heterocycles. The second kappa shape index (κ2) is 4.76. The van der Waals surface area contributed by atoms with Crippen molar-refractivity contribution in [2.75, 3.05) is 12.4 Å². The van der Waals surface area contributed by atoms with Crippen molar-refractivity contribution in [1.29, 1.82) is 0 Å². The Labute approximate surface area is 86.9 Å². The predicted molar refractivity (Wildman–Crippen MR) is 54.2 cm³/mol. The van der Waals surface area contributed by atoms with Gasteiger partial charge in [0.25, 0.3) is 0 Å². The van der Waals surface area contributed by atoms with Gasteiger partial charge in [-0.1, -0.05) is 11.6 Å². The van der Waals surface area contributed by atoms with E-state index in [0.29, 0.717) is 11.0 Å². The number of nitrogens with one attached hydrogen (secondary N) is 2. The quantitative estimate of drug-likeness (QED) is 0.777. The summed E-state index contributed by atoms with van der Waals surface area (Å²) < 4.78 is 0. The average molecular weight is 215 g/mol. The number of aromatic nitrogens is 2. The van der Waals surface area contributed by atoms with E-state index in [1.54, 1.807) is 14.0 Å². The Morgan fingerprint density at radius 1 is 1.57 bits per heavy atom. The highest BCUT2D eigenvalue weighted by Crippen LogP contribution is 2.07. The minimum atomic E-state index is -0.368. The van der Waals surface area contributed by atoms with E-state index in [4.69, 9.17) is 11.6 Å². The lowest BCUT2D eigenvalue weighted by Gasteiger charge is -2.12. The number of rotatable bonds is 3. The second-order valence-electron chi connectivity index (χ2n) is 2.71. The van der Waals surface area contributed by atoms with Gasteiger partial charge in [0.1, 0.15) is 17.0 Å². The van der Waals surface area contributed by atoms with Crippen molar-refractivity contribution in [3.63, 3.8) is 0 Å². The molecule has 14 heavy (non-hydrogen) atoms. The molecule has 5 nitrogen and oxygen atoms in total. The van der Waals surface area contributed by atoms with Crippen LogP contribution in [0.25, 0.3) is 0 Å². The lowest BCUT2D eigenvalue weighted by atomic mass is 10.3. The van der Waals surface area contributed by atoms with Crippen LogP contribution in [0.5, 0.6) is 0 Å². The molecule has 0 aliphatic carbocycles. The Kier molecular flexibility index (Phi) is 3.64. The monoisotopic (exact) mass is 214 g/mol. The van der Waals surface area contributed by atoms with Gasteiger partial charge in [0.2, 0.25) is 5.91 Å². The Morgan fingerprint density at radius 2 is 2.29 bits per heavy atom. The Balaban J connectivity index is 2.64. The number of carbonyl (C=O) groups excluding carboxylic acids is 1. The minimum Gasteiger partial charge on any atom is -0.357 e. The van der Waals surface area contributed by atoms with Gasteiger partial charge in [-0.25, -0.2) is 4.98 Å². The van der Waals surface area contributed by atoms with Gasteiger partial charge in [0, 0.05) is 7.05 Å². The Bertz CT molecular complexity index is 331. The molecule has 1 heterocycles. The van der Waals surface area contributed by atoms with Crippen LogP contribution in [0.1, 0.15) is 6.92 Å². The van der Waals surface area contributed by atoms with E-state index in [2.05, 4.69) is 20.6 Å². The summed E-state index contributed by atoms with van der Waals surface area (Å²) in [5, 5.41) is 5.67. The van der Waals surface area contributed by atoms with Crippen molar-refractivity contribution in [3.8, 4) is 0 Å². The first-order valence-corrected chi connectivity index (χ1v) is 4.47. The summed E-state index contributed by atoms with van der Waals surface area (Å²) in [5.74, 6) is 0.361. The first kappa shape index (κ1) is 10.7. The third-order valence-electron chi connectivity index (χ3n) is 1.61. The van der Waals surface area contributed by atoms with Gasteiger partial charge in [-0.2, -0.15) is 0 Å². The fourth-order valence-corrected chi connectivity index (χ4v) is 1.06. The van der Waals surface area contributed by atoms with Crippen molar-refractivity contribution in [3.05, 3.63) is 17.5 Å². The molecule has 1 unspecified atom stereocenters. The van der Waals surface area contributed by atoms with Gasteiger partial charge in [-0.15, -0.1) is 0 Å². The van der Waals surface area contributed by atoms with Gasteiger partial charge in [-0.3, -0.25) is 9.78 Å². The van der Waals surface area contributed by atoms with Crippen molar-refractivity contribution < 1.29 is 4.79 Å². The molecule has 0 spiro atoms. The van der Waals surface area contributed by atoms with Crippen LogP contribution in [0.2, 0.25) is 5.15 Å². The molecule has 1 atom stereocenters. The molecule has 0 aliphatic rings. The number of hydrogen-bond donors (Lipinski definition) is 2. The molecule has 76 valence electrons. The Morgan fingerprint density at radius 3 is 2.86 bits per heavy atom. The fraction of sp³-hybridized carbons (Fsp3) is 0.375. The molecular weight excluding hydrogens is 204 g/mol. The smallest absolute Gasteiger partial charge is 0.241 e. The third kappa shape index (κ3) is 2.85. The maximum absolute atomic E-state index is 11.1. The maximum atomic E-state index is 11.1. The highest BCUT2D eigenvalue weighted by molar-refractivity contribution is 6.29. The van der Waals surface area contributed by atoms with Gasteiger partial charge in [0.05, 0.1) is 12.4 Å². The number of carbonyl (C=O) groups is 1. The zero-order valence-electron chi connectivity index (χ0n) is 7.91. The third-order valence-corrected chi connectivity index (χ3v) is 1.79. The number of hydrogen-bond acceptors (Lipinski definition) is 4. The van der Waals surface area contributed by atoms with Crippen molar-refractivity contribution in [1.82, 2.24) is 15.3 Å². The summed E-state index contributed by atoms with van der Waals surface area (Å²) in [6, 6.07) is -0.368. The largest absolute Gasteiger partial charge is 0.357 e. The lowest BCUT2D eigenvalue weighted by molar-refractivity contribution is -0.121. The first-order chi connectivity index (χ1) is 6.63. The summed E-state index contributed by atoms with van der Waals surface area (Å²) in [4.78, 5) is 18.9. The van der Waals surface area contributed by atoms with Crippen LogP contribution in [0, 0.1) is 0 Å². The van der Waals surface area contributed by atoms with E-state index in [0.717, 1.165) is 0 Å². The molecule has 6 heteroatoms. The number of halogens is 1. The van der Waals surface area contributed by atoms with Crippen molar-refractivity contribution in [2.45, 2.75) is 13.0 Å². The normalized spacial score (nSPS) is 11.9. The first-order valence-electron chi connectivity index (χ1n) is 4.09. The zero-order chi connectivity index (χ0) is 10.6. The van der Waals surface area contributed by atoms with E-state index in [9.17, 15) is 4.79 Å². The number of amides is 1. The van der Waals surface area contributed by atoms with Crippen LogP contribution in [-0.4, -0.2) is 29.0 Å². The highest BCUT2D eigenvalue weighted by Gasteiger charge is 2.10. The summed E-state index contributed by atoms with van der Waals surface area (Å²) in [6.07, 6.45) is 2.93. The molecule has 1 aromatic rings. The highest BCUT2D eigenvalue weighted by atomic mass is 35.5. The van der Waals surface area contributed by atoms with Gasteiger partial charge >= 0.3 is 0 Å². The van der Waals surface area contributed by atoms with Gasteiger partial charge in [0.15, 0.2) is 0 Å². The van der Waals surface area contributed by atoms with Crippen LogP contribution in [0.15, 0.2) is 12.4 Å².